The van der Waals surface area contributed by atoms with E-state index in [1.165, 1.54) is 4.88 Å². The number of amides is 1. The van der Waals surface area contributed by atoms with E-state index in [1.54, 1.807) is 11.3 Å². The largest absolute Gasteiger partial charge is 0.304 e. The van der Waals surface area contributed by atoms with Gasteiger partial charge in [0.05, 0.1) is 10.6 Å². The van der Waals surface area contributed by atoms with Gasteiger partial charge in [0, 0.05) is 45.1 Å². The quantitative estimate of drug-likeness (QED) is 0.898. The van der Waals surface area contributed by atoms with Crippen LogP contribution in [0.25, 0.3) is 0 Å². The van der Waals surface area contributed by atoms with Crippen LogP contribution in [0, 0.1) is 5.92 Å². The summed E-state index contributed by atoms with van der Waals surface area (Å²) in [6, 6.07) is 4.11. The number of hydrogen-bond acceptors (Lipinski definition) is 5. The molecule has 108 valence electrons. The molecule has 0 bridgehead atoms. The van der Waals surface area contributed by atoms with Gasteiger partial charge in [-0.2, -0.15) is 5.10 Å². The Bertz CT molecular complexity index is 491. The van der Waals surface area contributed by atoms with Gasteiger partial charge in [-0.3, -0.25) is 4.79 Å². The minimum Gasteiger partial charge on any atom is -0.304 e. The van der Waals surface area contributed by atoms with E-state index < -0.39 is 0 Å². The highest BCUT2D eigenvalue weighted by molar-refractivity contribution is 7.12. The second-order valence-electron chi connectivity index (χ2n) is 5.51. The number of likely N-dealkylation sites (N-methyl/N-ethyl adjacent to an activating group) is 1. The van der Waals surface area contributed by atoms with Gasteiger partial charge in [-0.15, -0.1) is 11.3 Å². The summed E-state index contributed by atoms with van der Waals surface area (Å²) in [6.07, 6.45) is 0.545. The van der Waals surface area contributed by atoms with E-state index >= 15 is 0 Å². The first-order valence-corrected chi connectivity index (χ1v) is 7.91. The first-order valence-electron chi connectivity index (χ1n) is 7.03. The Labute approximate surface area is 123 Å². The molecule has 1 saturated heterocycles. The summed E-state index contributed by atoms with van der Waals surface area (Å²) in [7, 11) is 2.16. The average Bonchev–Trinajstić information content (AvgIpc) is 2.95. The number of thiophene rings is 1. The monoisotopic (exact) mass is 292 g/mol. The van der Waals surface area contributed by atoms with E-state index in [-0.39, 0.29) is 11.8 Å². The molecular formula is C14H20N4OS. The third kappa shape index (κ3) is 3.08. The number of nitrogens with zero attached hydrogens (tertiary/aromatic N) is 3. The first kappa shape index (κ1) is 13.7. The molecule has 1 aromatic heterocycles. The predicted molar refractivity (Wildman–Crippen MR) is 81.0 cm³/mol. The second kappa shape index (κ2) is 6.03. The zero-order valence-corrected chi connectivity index (χ0v) is 12.5. The normalized spacial score (nSPS) is 25.4. The number of carbonyl (C=O) groups excluding carboxylic acids is 1. The molecule has 2 aliphatic heterocycles. The van der Waals surface area contributed by atoms with Gasteiger partial charge >= 0.3 is 0 Å². The van der Waals surface area contributed by atoms with E-state index in [9.17, 15) is 4.79 Å². The summed E-state index contributed by atoms with van der Waals surface area (Å²) in [5.74, 6) is 0.246. The number of carbonyl (C=O) groups is 1. The Hall–Kier alpha value is -1.24. The Balaban J connectivity index is 1.71. The molecule has 0 saturated carbocycles. The molecule has 0 spiro atoms. The molecular weight excluding hydrogens is 272 g/mol. The van der Waals surface area contributed by atoms with Crippen LogP contribution in [0.1, 0.15) is 11.3 Å². The number of hydrazone groups is 1. The van der Waals surface area contributed by atoms with Crippen molar-refractivity contribution in [2.45, 2.75) is 6.42 Å². The van der Waals surface area contributed by atoms with Gasteiger partial charge in [-0.25, -0.2) is 5.43 Å². The molecule has 1 atom stereocenters. The zero-order valence-electron chi connectivity index (χ0n) is 11.7. The van der Waals surface area contributed by atoms with Crippen molar-refractivity contribution < 1.29 is 4.79 Å². The Morgan fingerprint density at radius 1 is 1.40 bits per heavy atom. The Kier molecular flexibility index (Phi) is 4.14. The van der Waals surface area contributed by atoms with Crippen LogP contribution in [0.5, 0.6) is 0 Å². The molecule has 6 heteroatoms. The summed E-state index contributed by atoms with van der Waals surface area (Å²) >= 11 is 1.69. The molecule has 0 aliphatic carbocycles. The maximum atomic E-state index is 11.6. The van der Waals surface area contributed by atoms with E-state index in [1.807, 2.05) is 6.07 Å². The summed E-state index contributed by atoms with van der Waals surface area (Å²) < 4.78 is 0. The predicted octanol–water partition coefficient (Wildman–Crippen LogP) is 0.836. The molecule has 0 radical (unpaired) electrons. The fourth-order valence-electron chi connectivity index (χ4n) is 2.75. The van der Waals surface area contributed by atoms with Crippen LogP contribution in [-0.4, -0.2) is 61.2 Å². The van der Waals surface area contributed by atoms with Crippen LogP contribution in [-0.2, 0) is 4.79 Å². The van der Waals surface area contributed by atoms with Crippen LogP contribution >= 0.6 is 11.3 Å². The molecule has 3 rings (SSSR count). The fourth-order valence-corrected chi connectivity index (χ4v) is 3.55. The molecule has 1 aromatic rings. The molecule has 0 aromatic carbocycles. The minimum absolute atomic E-state index is 0.0319. The highest BCUT2D eigenvalue weighted by Gasteiger charge is 2.28. The second-order valence-corrected chi connectivity index (χ2v) is 6.46. The fraction of sp³-hybridized carbons (Fsp3) is 0.571. The Morgan fingerprint density at radius 2 is 2.20 bits per heavy atom. The molecule has 1 unspecified atom stereocenters. The smallest absolute Gasteiger partial charge is 0.240 e. The number of rotatable bonds is 3. The molecule has 1 N–H and O–H groups in total. The van der Waals surface area contributed by atoms with Gasteiger partial charge < -0.3 is 9.80 Å². The van der Waals surface area contributed by atoms with Crippen molar-refractivity contribution in [3.63, 3.8) is 0 Å². The van der Waals surface area contributed by atoms with Crippen molar-refractivity contribution >= 4 is 23.0 Å². The number of nitrogens with one attached hydrogen (secondary N) is 1. The van der Waals surface area contributed by atoms with Crippen LogP contribution in [0.4, 0.5) is 0 Å². The lowest BCUT2D eigenvalue weighted by Gasteiger charge is -2.35. The molecule has 5 nitrogen and oxygen atoms in total. The van der Waals surface area contributed by atoms with Crippen molar-refractivity contribution in [1.82, 2.24) is 15.2 Å². The number of piperazine rings is 1. The average molecular weight is 292 g/mol. The van der Waals surface area contributed by atoms with Crippen LogP contribution in [0.3, 0.4) is 0 Å². The summed E-state index contributed by atoms with van der Waals surface area (Å²) in [5.41, 5.74) is 3.66. The highest BCUT2D eigenvalue weighted by atomic mass is 32.1. The van der Waals surface area contributed by atoms with Crippen molar-refractivity contribution in [3.05, 3.63) is 22.4 Å². The Morgan fingerprint density at radius 3 is 2.90 bits per heavy atom. The van der Waals surface area contributed by atoms with E-state index in [4.69, 9.17) is 0 Å². The third-order valence-electron chi connectivity index (χ3n) is 3.97. The van der Waals surface area contributed by atoms with E-state index in [0.717, 1.165) is 38.4 Å². The molecule has 20 heavy (non-hydrogen) atoms. The van der Waals surface area contributed by atoms with E-state index in [0.29, 0.717) is 6.42 Å². The van der Waals surface area contributed by atoms with Gasteiger partial charge in [0.25, 0.3) is 0 Å². The van der Waals surface area contributed by atoms with Crippen LogP contribution < -0.4 is 5.43 Å². The van der Waals surface area contributed by atoms with Crippen molar-refractivity contribution in [3.8, 4) is 0 Å². The maximum absolute atomic E-state index is 11.6. The summed E-state index contributed by atoms with van der Waals surface area (Å²) in [5, 5.41) is 6.36. The lowest BCUT2D eigenvalue weighted by Crippen LogP contribution is -2.48. The minimum atomic E-state index is 0.0319. The van der Waals surface area contributed by atoms with Crippen molar-refractivity contribution in [1.29, 1.82) is 0 Å². The lowest BCUT2D eigenvalue weighted by molar-refractivity contribution is -0.122. The highest BCUT2D eigenvalue weighted by Crippen LogP contribution is 2.22. The molecule has 2 aliphatic rings. The van der Waals surface area contributed by atoms with Gasteiger partial charge in [-0.1, -0.05) is 6.07 Å². The van der Waals surface area contributed by atoms with Crippen molar-refractivity contribution in [2.75, 3.05) is 39.8 Å². The van der Waals surface area contributed by atoms with Crippen molar-refractivity contribution in [2.24, 2.45) is 11.0 Å². The van der Waals surface area contributed by atoms with Gasteiger partial charge in [0.15, 0.2) is 0 Å². The van der Waals surface area contributed by atoms with Crippen LogP contribution in [0.15, 0.2) is 22.6 Å². The SMILES string of the molecule is CN1CCN(CC2CC(=O)NN=C2c2cccs2)CC1. The molecule has 1 fully saturated rings. The lowest BCUT2D eigenvalue weighted by atomic mass is 9.95. The number of hydrogen-bond donors (Lipinski definition) is 1. The summed E-state index contributed by atoms with van der Waals surface area (Å²) in [6.45, 7) is 5.28. The first-order chi connectivity index (χ1) is 9.72. The van der Waals surface area contributed by atoms with Gasteiger partial charge in [0.1, 0.15) is 0 Å². The summed E-state index contributed by atoms with van der Waals surface area (Å²) in [4.78, 5) is 17.6. The zero-order chi connectivity index (χ0) is 13.9. The van der Waals surface area contributed by atoms with Gasteiger partial charge in [0.2, 0.25) is 5.91 Å². The third-order valence-corrected chi connectivity index (χ3v) is 4.86. The van der Waals surface area contributed by atoms with E-state index in [2.05, 4.69) is 38.8 Å². The molecule has 3 heterocycles. The standard InChI is InChI=1S/C14H20N4OS/c1-17-4-6-18(7-5-17)10-11-9-13(19)15-16-14(11)12-3-2-8-20-12/h2-3,8,11H,4-7,9-10H2,1H3,(H,15,19). The van der Waals surface area contributed by atoms with Gasteiger partial charge in [-0.05, 0) is 18.5 Å². The molecule has 1 amide bonds. The topological polar surface area (TPSA) is 47.9 Å². The maximum Gasteiger partial charge on any atom is 0.240 e. The van der Waals surface area contributed by atoms with Crippen LogP contribution in [0.2, 0.25) is 0 Å².